The van der Waals surface area contributed by atoms with Crippen molar-refractivity contribution in [3.63, 3.8) is 0 Å². The minimum atomic E-state index is -0.231. The Morgan fingerprint density at radius 2 is 1.94 bits per heavy atom. The first kappa shape index (κ1) is 17.4. The van der Waals surface area contributed by atoms with E-state index in [4.69, 9.17) is 4.74 Å². The largest absolute Gasteiger partial charge is 0.375 e. The van der Waals surface area contributed by atoms with Gasteiger partial charge in [-0.2, -0.15) is 0 Å². The molecule has 108 valence electrons. The molecule has 0 aromatic carbocycles. The minimum absolute atomic E-state index is 0.0680. The highest BCUT2D eigenvalue weighted by Crippen LogP contribution is 2.07. The summed E-state index contributed by atoms with van der Waals surface area (Å²) in [5, 5.41) is 6.15. The molecule has 1 unspecified atom stereocenters. The molecular formula is C14H30N2O2. The van der Waals surface area contributed by atoms with Crippen LogP contribution in [0.1, 0.15) is 53.9 Å². The molecule has 0 heterocycles. The lowest BCUT2D eigenvalue weighted by Gasteiger charge is -2.26. The minimum Gasteiger partial charge on any atom is -0.375 e. The number of hydrogen-bond acceptors (Lipinski definition) is 3. The van der Waals surface area contributed by atoms with Gasteiger partial charge in [0.05, 0.1) is 11.6 Å². The molecule has 0 radical (unpaired) electrons. The predicted molar refractivity (Wildman–Crippen MR) is 75.7 cm³/mol. The summed E-state index contributed by atoms with van der Waals surface area (Å²) in [6, 6.07) is -0.175. The molecule has 0 aliphatic carbocycles. The summed E-state index contributed by atoms with van der Waals surface area (Å²) in [5.74, 6) is 0.0680. The summed E-state index contributed by atoms with van der Waals surface area (Å²) >= 11 is 0. The lowest BCUT2D eigenvalue weighted by atomic mass is 10.1. The monoisotopic (exact) mass is 258 g/mol. The van der Waals surface area contributed by atoms with E-state index >= 15 is 0 Å². The van der Waals surface area contributed by atoms with E-state index < -0.39 is 0 Å². The average Bonchev–Trinajstić information content (AvgIpc) is 2.31. The summed E-state index contributed by atoms with van der Waals surface area (Å²) in [4.78, 5) is 11.8. The van der Waals surface area contributed by atoms with E-state index in [1.165, 1.54) is 12.8 Å². The molecule has 0 saturated heterocycles. The maximum atomic E-state index is 11.8. The number of carbonyl (C=O) groups is 1. The number of ether oxygens (including phenoxy) is 1. The summed E-state index contributed by atoms with van der Waals surface area (Å²) in [5.41, 5.74) is -0.231. The zero-order chi connectivity index (χ0) is 14.0. The molecule has 0 aliphatic rings. The first-order chi connectivity index (χ1) is 8.43. The number of amides is 1. The second-order valence-corrected chi connectivity index (χ2v) is 5.29. The standard InChI is InChI=1S/C14H30N2O2/c1-6-8-9-10-15-13(17)12(3)16-11-14(4,5)18-7-2/h12,16H,6-11H2,1-5H3,(H,15,17). The van der Waals surface area contributed by atoms with Crippen LogP contribution >= 0.6 is 0 Å². The van der Waals surface area contributed by atoms with Gasteiger partial charge in [0.2, 0.25) is 5.91 Å². The Labute approximate surface area is 112 Å². The van der Waals surface area contributed by atoms with Crippen molar-refractivity contribution < 1.29 is 9.53 Å². The Morgan fingerprint density at radius 1 is 1.28 bits per heavy atom. The van der Waals surface area contributed by atoms with Crippen LogP contribution in [0.3, 0.4) is 0 Å². The van der Waals surface area contributed by atoms with Crippen LogP contribution in [0.25, 0.3) is 0 Å². The van der Waals surface area contributed by atoms with Crippen LogP contribution in [0, 0.1) is 0 Å². The summed E-state index contributed by atoms with van der Waals surface area (Å²) in [6.45, 7) is 12.2. The molecule has 0 aromatic rings. The van der Waals surface area contributed by atoms with Gasteiger partial charge in [0.1, 0.15) is 0 Å². The molecule has 4 nitrogen and oxygen atoms in total. The molecule has 0 fully saturated rings. The van der Waals surface area contributed by atoms with Crippen molar-refractivity contribution in [1.82, 2.24) is 10.6 Å². The summed E-state index contributed by atoms with van der Waals surface area (Å²) in [6.07, 6.45) is 3.39. The lowest BCUT2D eigenvalue weighted by Crippen LogP contribution is -2.48. The van der Waals surface area contributed by atoms with Crippen molar-refractivity contribution in [2.24, 2.45) is 0 Å². The first-order valence-electron chi connectivity index (χ1n) is 7.08. The maximum Gasteiger partial charge on any atom is 0.236 e. The average molecular weight is 258 g/mol. The van der Waals surface area contributed by atoms with Crippen LogP contribution in [-0.2, 0) is 9.53 Å². The predicted octanol–water partition coefficient (Wildman–Crippen LogP) is 2.09. The van der Waals surface area contributed by atoms with Gasteiger partial charge in [-0.05, 0) is 34.1 Å². The van der Waals surface area contributed by atoms with E-state index in [1.54, 1.807) is 0 Å². The normalized spacial score (nSPS) is 13.4. The van der Waals surface area contributed by atoms with Gasteiger partial charge in [-0.3, -0.25) is 4.79 Å². The Morgan fingerprint density at radius 3 is 2.50 bits per heavy atom. The SMILES string of the molecule is CCCCCNC(=O)C(C)NCC(C)(C)OCC. The van der Waals surface area contributed by atoms with Gasteiger partial charge in [-0.25, -0.2) is 0 Å². The van der Waals surface area contributed by atoms with Gasteiger partial charge in [0.15, 0.2) is 0 Å². The highest BCUT2D eigenvalue weighted by molar-refractivity contribution is 5.81. The fourth-order valence-electron chi connectivity index (χ4n) is 1.67. The van der Waals surface area contributed by atoms with Crippen LogP contribution in [0.2, 0.25) is 0 Å². The van der Waals surface area contributed by atoms with Gasteiger partial charge in [0, 0.05) is 19.7 Å². The van der Waals surface area contributed by atoms with E-state index in [9.17, 15) is 4.79 Å². The quantitative estimate of drug-likeness (QED) is 0.590. The van der Waals surface area contributed by atoms with E-state index in [0.29, 0.717) is 13.2 Å². The molecule has 0 aliphatic heterocycles. The van der Waals surface area contributed by atoms with Gasteiger partial charge < -0.3 is 15.4 Å². The van der Waals surface area contributed by atoms with Gasteiger partial charge in [-0.1, -0.05) is 19.8 Å². The Kier molecular flexibility index (Phi) is 9.02. The van der Waals surface area contributed by atoms with E-state index in [0.717, 1.165) is 13.0 Å². The molecule has 0 spiro atoms. The number of rotatable bonds is 10. The van der Waals surface area contributed by atoms with Crippen LogP contribution in [0.5, 0.6) is 0 Å². The molecular weight excluding hydrogens is 228 g/mol. The third-order valence-corrected chi connectivity index (χ3v) is 2.84. The first-order valence-corrected chi connectivity index (χ1v) is 7.08. The van der Waals surface area contributed by atoms with Crippen molar-refractivity contribution in [2.75, 3.05) is 19.7 Å². The highest BCUT2D eigenvalue weighted by atomic mass is 16.5. The van der Waals surface area contributed by atoms with Crippen molar-refractivity contribution >= 4 is 5.91 Å². The fraction of sp³-hybridized carbons (Fsp3) is 0.929. The Balaban J connectivity index is 3.80. The van der Waals surface area contributed by atoms with Gasteiger partial charge in [0.25, 0.3) is 0 Å². The van der Waals surface area contributed by atoms with Crippen molar-refractivity contribution in [2.45, 2.75) is 65.5 Å². The molecule has 0 rings (SSSR count). The number of carbonyl (C=O) groups excluding carboxylic acids is 1. The zero-order valence-corrected chi connectivity index (χ0v) is 12.6. The molecule has 2 N–H and O–H groups in total. The molecule has 0 saturated carbocycles. The summed E-state index contributed by atoms with van der Waals surface area (Å²) < 4.78 is 5.58. The van der Waals surface area contributed by atoms with Crippen LogP contribution < -0.4 is 10.6 Å². The molecule has 1 atom stereocenters. The second kappa shape index (κ2) is 9.34. The van der Waals surface area contributed by atoms with Gasteiger partial charge >= 0.3 is 0 Å². The molecule has 1 amide bonds. The van der Waals surface area contributed by atoms with Crippen LogP contribution in [0.15, 0.2) is 0 Å². The third kappa shape index (κ3) is 8.48. The zero-order valence-electron chi connectivity index (χ0n) is 12.6. The second-order valence-electron chi connectivity index (χ2n) is 5.29. The fourth-order valence-corrected chi connectivity index (χ4v) is 1.67. The topological polar surface area (TPSA) is 50.4 Å². The molecule has 0 aromatic heterocycles. The third-order valence-electron chi connectivity index (χ3n) is 2.84. The van der Waals surface area contributed by atoms with E-state index in [-0.39, 0.29) is 17.6 Å². The smallest absolute Gasteiger partial charge is 0.236 e. The van der Waals surface area contributed by atoms with E-state index in [1.807, 2.05) is 27.7 Å². The lowest BCUT2D eigenvalue weighted by molar-refractivity contribution is -0.123. The Hall–Kier alpha value is -0.610. The Bertz CT molecular complexity index is 230. The van der Waals surface area contributed by atoms with Gasteiger partial charge in [-0.15, -0.1) is 0 Å². The van der Waals surface area contributed by atoms with Crippen molar-refractivity contribution in [1.29, 1.82) is 0 Å². The summed E-state index contributed by atoms with van der Waals surface area (Å²) in [7, 11) is 0. The maximum absolute atomic E-state index is 11.8. The molecule has 0 bridgehead atoms. The van der Waals surface area contributed by atoms with Crippen LogP contribution in [-0.4, -0.2) is 37.2 Å². The van der Waals surface area contributed by atoms with E-state index in [2.05, 4.69) is 17.6 Å². The van der Waals surface area contributed by atoms with Crippen molar-refractivity contribution in [3.05, 3.63) is 0 Å². The number of hydrogen-bond donors (Lipinski definition) is 2. The number of unbranched alkanes of at least 4 members (excludes halogenated alkanes) is 2. The molecule has 4 heteroatoms. The number of nitrogens with one attached hydrogen (secondary N) is 2. The van der Waals surface area contributed by atoms with Crippen molar-refractivity contribution in [3.8, 4) is 0 Å². The van der Waals surface area contributed by atoms with Crippen LogP contribution in [0.4, 0.5) is 0 Å². The molecule has 18 heavy (non-hydrogen) atoms. The highest BCUT2D eigenvalue weighted by Gasteiger charge is 2.20.